The molecule has 0 spiro atoms. The van der Waals surface area contributed by atoms with Crippen LogP contribution in [-0.4, -0.2) is 35.1 Å². The Morgan fingerprint density at radius 3 is 2.74 bits per heavy atom. The third kappa shape index (κ3) is 4.00. The summed E-state index contributed by atoms with van der Waals surface area (Å²) in [4.78, 5) is 18.4. The van der Waals surface area contributed by atoms with Gasteiger partial charge in [0.05, 0.1) is 6.54 Å². The normalized spacial score (nSPS) is 17.1. The van der Waals surface area contributed by atoms with Gasteiger partial charge >= 0.3 is 6.03 Å². The first-order chi connectivity index (χ1) is 11.1. The van der Waals surface area contributed by atoms with Crippen molar-refractivity contribution in [1.82, 2.24) is 9.88 Å². The smallest absolute Gasteiger partial charge is 0.321 e. The first-order valence-electron chi connectivity index (χ1n) is 7.83. The molecule has 2 aromatic rings. The number of nitrogens with zero attached hydrogens (tertiary/aromatic N) is 2. The van der Waals surface area contributed by atoms with Crippen LogP contribution in [-0.2, 0) is 0 Å². The number of nitrogens with one attached hydrogen (secondary N) is 1. The number of hydrogen-bond acceptors (Lipinski definition) is 3. The van der Waals surface area contributed by atoms with Crippen LogP contribution in [0.25, 0.3) is 0 Å². The van der Waals surface area contributed by atoms with Gasteiger partial charge in [-0.2, -0.15) is 0 Å². The van der Waals surface area contributed by atoms with Crippen molar-refractivity contribution >= 4 is 11.7 Å². The van der Waals surface area contributed by atoms with Crippen LogP contribution in [0.4, 0.5) is 10.5 Å². The average molecular weight is 311 g/mol. The number of benzene rings is 1. The Bertz CT molecular complexity index is 685. The zero-order valence-corrected chi connectivity index (χ0v) is 13.5. The minimum absolute atomic E-state index is 0.00642. The maximum absolute atomic E-state index is 12.3. The quantitative estimate of drug-likeness (QED) is 0.945. The third-order valence-corrected chi connectivity index (χ3v) is 3.89. The van der Waals surface area contributed by atoms with Crippen LogP contribution in [0.2, 0.25) is 0 Å². The Hall–Kier alpha value is -2.56. The monoisotopic (exact) mass is 311 g/mol. The van der Waals surface area contributed by atoms with E-state index in [1.165, 1.54) is 5.56 Å². The molecule has 23 heavy (non-hydrogen) atoms. The van der Waals surface area contributed by atoms with E-state index >= 15 is 0 Å². The molecule has 3 rings (SSSR count). The molecule has 1 unspecified atom stereocenters. The fraction of sp³-hybridized carbons (Fsp3) is 0.333. The summed E-state index contributed by atoms with van der Waals surface area (Å²) in [6.45, 7) is 5.22. The molecule has 0 radical (unpaired) electrons. The van der Waals surface area contributed by atoms with Gasteiger partial charge in [0.1, 0.15) is 6.10 Å². The number of rotatable bonds is 3. The van der Waals surface area contributed by atoms with Crippen molar-refractivity contribution in [1.29, 1.82) is 0 Å². The molecule has 120 valence electrons. The van der Waals surface area contributed by atoms with Crippen LogP contribution < -0.4 is 10.1 Å². The fourth-order valence-corrected chi connectivity index (χ4v) is 2.60. The summed E-state index contributed by atoms with van der Waals surface area (Å²) in [5, 5.41) is 2.92. The molecule has 1 aromatic carbocycles. The SMILES string of the molecule is Cc1ccc(NC(=O)N2CCC(Oc3cccc(C)n3)C2)cc1. The average Bonchev–Trinajstić information content (AvgIpc) is 2.98. The van der Waals surface area contributed by atoms with Gasteiger partial charge in [0.15, 0.2) is 0 Å². The number of amides is 2. The summed E-state index contributed by atoms with van der Waals surface area (Å²) in [7, 11) is 0. The zero-order valence-electron chi connectivity index (χ0n) is 13.5. The molecule has 1 N–H and O–H groups in total. The second kappa shape index (κ2) is 6.69. The molecule has 0 aliphatic carbocycles. The third-order valence-electron chi connectivity index (χ3n) is 3.89. The second-order valence-electron chi connectivity index (χ2n) is 5.89. The van der Waals surface area contributed by atoms with Crippen molar-refractivity contribution in [3.63, 3.8) is 0 Å². The van der Waals surface area contributed by atoms with E-state index in [0.717, 1.165) is 17.8 Å². The molecule has 0 saturated carbocycles. The van der Waals surface area contributed by atoms with Gasteiger partial charge < -0.3 is 15.0 Å². The predicted octanol–water partition coefficient (Wildman–Crippen LogP) is 3.38. The fourth-order valence-electron chi connectivity index (χ4n) is 2.60. The number of likely N-dealkylation sites (tertiary alicyclic amines) is 1. The van der Waals surface area contributed by atoms with Gasteiger partial charge in [-0.05, 0) is 32.0 Å². The predicted molar refractivity (Wildman–Crippen MR) is 89.8 cm³/mol. The molecule has 1 aromatic heterocycles. The summed E-state index contributed by atoms with van der Waals surface area (Å²) in [5.41, 5.74) is 2.91. The number of carbonyl (C=O) groups is 1. The maximum atomic E-state index is 12.3. The van der Waals surface area contributed by atoms with Crippen LogP contribution in [0.5, 0.6) is 5.88 Å². The standard InChI is InChI=1S/C18H21N3O2/c1-13-6-8-15(9-7-13)20-18(22)21-11-10-16(12-21)23-17-5-3-4-14(2)19-17/h3-9,16H,10-12H2,1-2H3,(H,20,22). The van der Waals surface area contributed by atoms with E-state index in [1.807, 2.05) is 56.3 Å². The number of hydrogen-bond donors (Lipinski definition) is 1. The highest BCUT2D eigenvalue weighted by Crippen LogP contribution is 2.18. The minimum Gasteiger partial charge on any atom is -0.472 e. The van der Waals surface area contributed by atoms with Crippen LogP contribution in [0.15, 0.2) is 42.5 Å². The van der Waals surface area contributed by atoms with E-state index in [-0.39, 0.29) is 12.1 Å². The van der Waals surface area contributed by atoms with Crippen molar-refractivity contribution in [3.05, 3.63) is 53.7 Å². The lowest BCUT2D eigenvalue weighted by atomic mass is 10.2. The van der Waals surface area contributed by atoms with Gasteiger partial charge in [0.2, 0.25) is 5.88 Å². The molecule has 0 bridgehead atoms. The first-order valence-corrected chi connectivity index (χ1v) is 7.83. The number of aromatic nitrogens is 1. The van der Waals surface area contributed by atoms with E-state index in [9.17, 15) is 4.79 Å². The van der Waals surface area contributed by atoms with Crippen molar-refractivity contribution in [2.45, 2.75) is 26.4 Å². The second-order valence-corrected chi connectivity index (χ2v) is 5.89. The highest BCUT2D eigenvalue weighted by molar-refractivity contribution is 5.89. The molecule has 1 saturated heterocycles. The van der Waals surface area contributed by atoms with Crippen molar-refractivity contribution in [2.75, 3.05) is 18.4 Å². The van der Waals surface area contributed by atoms with Gasteiger partial charge in [-0.15, -0.1) is 0 Å². The lowest BCUT2D eigenvalue weighted by Crippen LogP contribution is -2.34. The topological polar surface area (TPSA) is 54.5 Å². The highest BCUT2D eigenvalue weighted by Gasteiger charge is 2.28. The lowest BCUT2D eigenvalue weighted by molar-refractivity contribution is 0.189. The molecular weight excluding hydrogens is 290 g/mol. The summed E-state index contributed by atoms with van der Waals surface area (Å²) < 4.78 is 5.87. The summed E-state index contributed by atoms with van der Waals surface area (Å²) in [6.07, 6.45) is 0.810. The van der Waals surface area contributed by atoms with Crippen molar-refractivity contribution in [2.24, 2.45) is 0 Å². The van der Waals surface area contributed by atoms with Crippen molar-refractivity contribution < 1.29 is 9.53 Å². The van der Waals surface area contributed by atoms with Gasteiger partial charge in [0, 0.05) is 30.4 Å². The summed E-state index contributed by atoms with van der Waals surface area (Å²) in [6, 6.07) is 13.4. The molecule has 1 fully saturated rings. The molecule has 1 atom stereocenters. The van der Waals surface area contributed by atoms with Gasteiger partial charge in [-0.1, -0.05) is 23.8 Å². The number of ether oxygens (including phenoxy) is 1. The number of pyridine rings is 1. The molecule has 5 heteroatoms. The molecule has 1 aliphatic rings. The van der Waals surface area contributed by atoms with Crippen LogP contribution in [0.1, 0.15) is 17.7 Å². The van der Waals surface area contributed by atoms with E-state index < -0.39 is 0 Å². The Morgan fingerprint density at radius 2 is 2.00 bits per heavy atom. The maximum Gasteiger partial charge on any atom is 0.321 e. The molecular formula is C18H21N3O2. The highest BCUT2D eigenvalue weighted by atomic mass is 16.5. The number of anilines is 1. The Balaban J connectivity index is 1.54. The van der Waals surface area contributed by atoms with Gasteiger partial charge in [0.25, 0.3) is 0 Å². The molecule has 2 heterocycles. The van der Waals surface area contributed by atoms with E-state index in [0.29, 0.717) is 19.0 Å². The molecule has 5 nitrogen and oxygen atoms in total. The van der Waals surface area contributed by atoms with Crippen LogP contribution in [0, 0.1) is 13.8 Å². The summed E-state index contributed by atoms with van der Waals surface area (Å²) in [5.74, 6) is 0.621. The first kappa shape index (κ1) is 15.3. The summed E-state index contributed by atoms with van der Waals surface area (Å²) >= 11 is 0. The van der Waals surface area contributed by atoms with E-state index in [1.54, 1.807) is 4.90 Å². The van der Waals surface area contributed by atoms with Gasteiger partial charge in [-0.3, -0.25) is 0 Å². The van der Waals surface area contributed by atoms with E-state index in [4.69, 9.17) is 4.74 Å². The van der Waals surface area contributed by atoms with Crippen LogP contribution >= 0.6 is 0 Å². The van der Waals surface area contributed by atoms with Crippen LogP contribution in [0.3, 0.4) is 0 Å². The Morgan fingerprint density at radius 1 is 1.22 bits per heavy atom. The van der Waals surface area contributed by atoms with Gasteiger partial charge in [-0.25, -0.2) is 9.78 Å². The minimum atomic E-state index is -0.0860. The Kier molecular flexibility index (Phi) is 4.46. The lowest BCUT2D eigenvalue weighted by Gasteiger charge is -2.18. The number of urea groups is 1. The number of carbonyl (C=O) groups excluding carboxylic acids is 1. The Labute approximate surface area is 136 Å². The molecule has 1 aliphatic heterocycles. The van der Waals surface area contributed by atoms with E-state index in [2.05, 4.69) is 10.3 Å². The largest absolute Gasteiger partial charge is 0.472 e. The molecule has 2 amide bonds. The van der Waals surface area contributed by atoms with Crippen molar-refractivity contribution in [3.8, 4) is 5.88 Å². The number of aryl methyl sites for hydroxylation is 2. The zero-order chi connectivity index (χ0) is 16.2.